The molecule has 0 saturated heterocycles. The van der Waals surface area contributed by atoms with Gasteiger partial charge in [0.25, 0.3) is 0 Å². The van der Waals surface area contributed by atoms with Gasteiger partial charge in [-0.2, -0.15) is 0 Å². The van der Waals surface area contributed by atoms with Gasteiger partial charge in [0.05, 0.1) is 0 Å². The summed E-state index contributed by atoms with van der Waals surface area (Å²) in [5, 5.41) is 3.27. The Morgan fingerprint density at radius 2 is 1.00 bits per heavy atom. The molecule has 0 aromatic heterocycles. The van der Waals surface area contributed by atoms with Crippen LogP contribution >= 0.6 is 0 Å². The van der Waals surface area contributed by atoms with Crippen molar-refractivity contribution in [1.29, 1.82) is 0 Å². The van der Waals surface area contributed by atoms with Crippen molar-refractivity contribution in [3.05, 3.63) is 36.5 Å². The van der Waals surface area contributed by atoms with Crippen molar-refractivity contribution < 1.29 is 9.59 Å². The van der Waals surface area contributed by atoms with E-state index < -0.39 is 5.54 Å². The minimum absolute atomic E-state index is 0.0970. The monoisotopic (exact) mass is 712 g/mol. The van der Waals surface area contributed by atoms with E-state index in [4.69, 9.17) is 0 Å². The topological polar surface area (TPSA) is 52.7 Å². The molecular formula is C46H85N3O2. The SMILES string of the molecule is CCCCC/C=C\C/C=C\CCCCCCCC(=O)N(CCCN(C)C)C1(C(=O)NCCCCCCCC/C=C\CCCCCCCC)CCC1. The Balaban J connectivity index is 2.28. The molecule has 1 saturated carbocycles. The van der Waals surface area contributed by atoms with Gasteiger partial charge < -0.3 is 15.1 Å². The van der Waals surface area contributed by atoms with E-state index in [1.807, 2.05) is 4.90 Å². The van der Waals surface area contributed by atoms with E-state index in [0.29, 0.717) is 13.0 Å². The van der Waals surface area contributed by atoms with Crippen molar-refractivity contribution in [3.8, 4) is 0 Å². The molecule has 1 fully saturated rings. The molecule has 1 aliphatic rings. The molecule has 51 heavy (non-hydrogen) atoms. The lowest BCUT2D eigenvalue weighted by molar-refractivity contribution is -0.154. The molecule has 0 radical (unpaired) electrons. The Labute approximate surface area is 317 Å². The highest BCUT2D eigenvalue weighted by atomic mass is 16.2. The van der Waals surface area contributed by atoms with Gasteiger partial charge in [0.2, 0.25) is 11.8 Å². The Morgan fingerprint density at radius 3 is 1.51 bits per heavy atom. The van der Waals surface area contributed by atoms with Crippen LogP contribution in [0.4, 0.5) is 0 Å². The maximum atomic E-state index is 13.6. The maximum absolute atomic E-state index is 13.6. The van der Waals surface area contributed by atoms with Gasteiger partial charge in [-0.3, -0.25) is 9.59 Å². The van der Waals surface area contributed by atoms with Crippen LogP contribution in [0.15, 0.2) is 36.5 Å². The van der Waals surface area contributed by atoms with Crippen LogP contribution in [0.2, 0.25) is 0 Å². The number of unbranched alkanes of at least 4 members (excludes halogenated alkanes) is 20. The Bertz CT molecular complexity index is 904. The molecule has 0 heterocycles. The first-order valence-corrected chi connectivity index (χ1v) is 22.2. The third-order valence-corrected chi connectivity index (χ3v) is 10.7. The van der Waals surface area contributed by atoms with E-state index in [-0.39, 0.29) is 11.8 Å². The first kappa shape index (κ1) is 47.1. The predicted octanol–water partition coefficient (Wildman–Crippen LogP) is 12.7. The lowest BCUT2D eigenvalue weighted by Gasteiger charge is -2.49. The summed E-state index contributed by atoms with van der Waals surface area (Å²) in [7, 11) is 4.16. The van der Waals surface area contributed by atoms with Gasteiger partial charge in [-0.05, 0) is 117 Å². The van der Waals surface area contributed by atoms with Gasteiger partial charge in [0, 0.05) is 19.5 Å². The fourth-order valence-electron chi connectivity index (χ4n) is 7.22. The van der Waals surface area contributed by atoms with Gasteiger partial charge in [0.15, 0.2) is 0 Å². The number of carbonyl (C=O) groups excluding carboxylic acids is 2. The van der Waals surface area contributed by atoms with Gasteiger partial charge in [-0.25, -0.2) is 0 Å². The first-order valence-electron chi connectivity index (χ1n) is 22.2. The zero-order chi connectivity index (χ0) is 37.1. The minimum atomic E-state index is -0.622. The van der Waals surface area contributed by atoms with Crippen molar-refractivity contribution in [2.75, 3.05) is 33.7 Å². The average Bonchev–Trinajstić information content (AvgIpc) is 3.09. The fourth-order valence-corrected chi connectivity index (χ4v) is 7.22. The summed E-state index contributed by atoms with van der Waals surface area (Å²) in [5.74, 6) is 0.284. The number of nitrogens with zero attached hydrogens (tertiary/aromatic N) is 2. The highest BCUT2D eigenvalue weighted by Gasteiger charge is 2.50. The minimum Gasteiger partial charge on any atom is -0.354 e. The Morgan fingerprint density at radius 1 is 0.549 bits per heavy atom. The lowest BCUT2D eigenvalue weighted by Crippen LogP contribution is -2.64. The van der Waals surface area contributed by atoms with Crippen molar-refractivity contribution >= 4 is 11.8 Å². The van der Waals surface area contributed by atoms with Crippen molar-refractivity contribution in [3.63, 3.8) is 0 Å². The van der Waals surface area contributed by atoms with E-state index in [1.165, 1.54) is 128 Å². The van der Waals surface area contributed by atoms with E-state index in [0.717, 1.165) is 70.9 Å². The average molecular weight is 712 g/mol. The van der Waals surface area contributed by atoms with Crippen LogP contribution in [0.5, 0.6) is 0 Å². The van der Waals surface area contributed by atoms with Gasteiger partial charge in [0.1, 0.15) is 5.54 Å². The summed E-state index contributed by atoms with van der Waals surface area (Å²) >= 11 is 0. The zero-order valence-electron chi connectivity index (χ0n) is 34.5. The van der Waals surface area contributed by atoms with E-state index >= 15 is 0 Å². The van der Waals surface area contributed by atoms with Crippen molar-refractivity contribution in [1.82, 2.24) is 15.1 Å². The fraction of sp³-hybridized carbons (Fsp3) is 0.826. The number of allylic oxidation sites excluding steroid dienone is 6. The highest BCUT2D eigenvalue weighted by Crippen LogP contribution is 2.39. The molecule has 0 bridgehead atoms. The van der Waals surface area contributed by atoms with Gasteiger partial charge >= 0.3 is 0 Å². The molecule has 0 spiro atoms. The summed E-state index contributed by atoms with van der Waals surface area (Å²) < 4.78 is 0. The quantitative estimate of drug-likeness (QED) is 0.0520. The van der Waals surface area contributed by atoms with Crippen LogP contribution < -0.4 is 5.32 Å². The van der Waals surface area contributed by atoms with E-state index in [1.54, 1.807) is 0 Å². The second-order valence-corrected chi connectivity index (χ2v) is 15.8. The molecule has 1 rings (SSSR count). The highest BCUT2D eigenvalue weighted by molar-refractivity contribution is 5.92. The molecule has 1 N–H and O–H groups in total. The largest absolute Gasteiger partial charge is 0.354 e. The molecule has 0 aromatic carbocycles. The molecule has 296 valence electrons. The zero-order valence-corrected chi connectivity index (χ0v) is 34.5. The maximum Gasteiger partial charge on any atom is 0.245 e. The molecule has 1 aliphatic carbocycles. The molecule has 2 amide bonds. The molecule has 0 aromatic rings. The van der Waals surface area contributed by atoms with Crippen LogP contribution in [-0.4, -0.2) is 60.9 Å². The molecular weight excluding hydrogens is 627 g/mol. The van der Waals surface area contributed by atoms with Crippen LogP contribution in [0.3, 0.4) is 0 Å². The number of amides is 2. The molecule has 0 atom stereocenters. The smallest absolute Gasteiger partial charge is 0.245 e. The van der Waals surface area contributed by atoms with E-state index in [2.05, 4.69) is 74.6 Å². The second kappa shape index (κ2) is 33.9. The summed E-state index contributed by atoms with van der Waals surface area (Å²) in [4.78, 5) is 31.4. The third-order valence-electron chi connectivity index (χ3n) is 10.7. The number of rotatable bonds is 36. The summed E-state index contributed by atoms with van der Waals surface area (Å²) in [6.07, 6.45) is 49.2. The molecule has 0 unspecified atom stereocenters. The van der Waals surface area contributed by atoms with Crippen LogP contribution in [0.1, 0.15) is 206 Å². The van der Waals surface area contributed by atoms with Gasteiger partial charge in [-0.1, -0.05) is 140 Å². The molecule has 5 heteroatoms. The third kappa shape index (κ3) is 24.9. The van der Waals surface area contributed by atoms with Crippen molar-refractivity contribution in [2.45, 2.75) is 212 Å². The number of nitrogens with one attached hydrogen (secondary N) is 1. The lowest BCUT2D eigenvalue weighted by atomic mass is 9.74. The molecule has 0 aliphatic heterocycles. The standard InChI is InChI=1S/C46H85N3O2/c1-5-7-9-11-13-15-17-19-21-23-25-27-29-31-33-35-41-47-45(51)46(39-36-40-46)49(43-37-42-48(3)4)44(50)38-34-32-30-28-26-24-22-20-18-16-14-12-10-8-6-2/h14,16,19-22H,5-13,15,17-18,23-43H2,1-4H3,(H,47,51)/b16-14-,21-19-,22-20-. The van der Waals surface area contributed by atoms with Crippen molar-refractivity contribution in [2.24, 2.45) is 0 Å². The van der Waals surface area contributed by atoms with Crippen LogP contribution in [-0.2, 0) is 9.59 Å². The van der Waals surface area contributed by atoms with Crippen LogP contribution in [0, 0.1) is 0 Å². The van der Waals surface area contributed by atoms with Gasteiger partial charge in [-0.15, -0.1) is 0 Å². The number of hydrogen-bond acceptors (Lipinski definition) is 3. The first-order chi connectivity index (χ1) is 25.0. The van der Waals surface area contributed by atoms with Crippen LogP contribution in [0.25, 0.3) is 0 Å². The predicted molar refractivity (Wildman–Crippen MR) is 223 cm³/mol. The summed E-state index contributed by atoms with van der Waals surface area (Å²) in [6.45, 7) is 6.87. The summed E-state index contributed by atoms with van der Waals surface area (Å²) in [6, 6.07) is 0. The number of hydrogen-bond donors (Lipinski definition) is 1. The summed E-state index contributed by atoms with van der Waals surface area (Å²) in [5.41, 5.74) is -0.622. The Hall–Kier alpha value is -1.88. The normalized spacial score (nSPS) is 14.3. The number of carbonyl (C=O) groups is 2. The Kier molecular flexibility index (Phi) is 31.4. The molecule has 5 nitrogen and oxygen atoms in total. The van der Waals surface area contributed by atoms with E-state index in [9.17, 15) is 9.59 Å². The second-order valence-electron chi connectivity index (χ2n) is 15.8.